The van der Waals surface area contributed by atoms with Crippen molar-refractivity contribution < 1.29 is 4.74 Å². The van der Waals surface area contributed by atoms with E-state index < -0.39 is 0 Å². The molecule has 22 heavy (non-hydrogen) atoms. The molecule has 1 aromatic carbocycles. The van der Waals surface area contributed by atoms with Crippen LogP contribution in [0.25, 0.3) is 0 Å². The monoisotopic (exact) mass is 303 g/mol. The van der Waals surface area contributed by atoms with Crippen molar-refractivity contribution in [2.24, 2.45) is 5.92 Å². The average molecular weight is 303 g/mol. The zero-order valence-electron chi connectivity index (χ0n) is 15.1. The van der Waals surface area contributed by atoms with E-state index in [1.807, 2.05) is 0 Å². The summed E-state index contributed by atoms with van der Waals surface area (Å²) in [5, 5.41) is 0. The predicted octanol–water partition coefficient (Wildman–Crippen LogP) is 4.27. The van der Waals surface area contributed by atoms with Crippen LogP contribution < -0.4 is 0 Å². The summed E-state index contributed by atoms with van der Waals surface area (Å²) in [6.07, 6.45) is 2.73. The zero-order chi connectivity index (χ0) is 16.2. The summed E-state index contributed by atoms with van der Waals surface area (Å²) in [4.78, 5) is 2.55. The third-order valence-electron chi connectivity index (χ3n) is 5.10. The molecule has 0 N–H and O–H groups in total. The highest BCUT2D eigenvalue weighted by Gasteiger charge is 2.19. The van der Waals surface area contributed by atoms with Crippen LogP contribution in [0, 0.1) is 5.92 Å². The lowest BCUT2D eigenvalue weighted by molar-refractivity contribution is -0.0222. The molecule has 0 bridgehead atoms. The van der Waals surface area contributed by atoms with Crippen molar-refractivity contribution in [2.75, 3.05) is 26.2 Å². The summed E-state index contributed by atoms with van der Waals surface area (Å²) in [5.74, 6) is 0.690. The van der Waals surface area contributed by atoms with Crippen molar-refractivity contribution in [2.45, 2.75) is 59.0 Å². The second-order valence-corrected chi connectivity index (χ2v) is 7.68. The summed E-state index contributed by atoms with van der Waals surface area (Å²) in [7, 11) is 0. The Hall–Kier alpha value is -0.860. The molecule has 0 spiro atoms. The molecule has 0 saturated carbocycles. The lowest BCUT2D eigenvalue weighted by Crippen LogP contribution is -2.43. The van der Waals surface area contributed by atoms with Gasteiger partial charge >= 0.3 is 0 Å². The summed E-state index contributed by atoms with van der Waals surface area (Å²) >= 11 is 0. The molecule has 1 aromatic rings. The Morgan fingerprint density at radius 3 is 2.55 bits per heavy atom. The molecule has 1 fully saturated rings. The van der Waals surface area contributed by atoms with Gasteiger partial charge in [-0.05, 0) is 42.2 Å². The first-order valence-corrected chi connectivity index (χ1v) is 8.84. The summed E-state index contributed by atoms with van der Waals surface area (Å²) in [6, 6.07) is 9.29. The number of benzene rings is 1. The van der Waals surface area contributed by atoms with Gasteiger partial charge in [0.2, 0.25) is 0 Å². The third-order valence-corrected chi connectivity index (χ3v) is 5.10. The maximum atomic E-state index is 5.62. The predicted molar refractivity (Wildman–Crippen MR) is 94.5 cm³/mol. The van der Waals surface area contributed by atoms with Crippen molar-refractivity contribution in [3.8, 4) is 0 Å². The lowest BCUT2D eigenvalue weighted by atomic mass is 9.82. The van der Waals surface area contributed by atoms with Gasteiger partial charge in [-0.1, -0.05) is 52.0 Å². The summed E-state index contributed by atoms with van der Waals surface area (Å²) < 4.78 is 5.62. The van der Waals surface area contributed by atoms with E-state index in [9.17, 15) is 0 Å². The molecule has 1 heterocycles. The first-order valence-electron chi connectivity index (χ1n) is 8.84. The SMILES string of the molecule is CCC(C)(C)c1ccc(CC(C)CN2CCO[C@H](C)C2)cc1. The van der Waals surface area contributed by atoms with Crippen molar-refractivity contribution in [3.63, 3.8) is 0 Å². The minimum absolute atomic E-state index is 0.286. The van der Waals surface area contributed by atoms with E-state index >= 15 is 0 Å². The van der Waals surface area contributed by atoms with E-state index in [0.29, 0.717) is 12.0 Å². The van der Waals surface area contributed by atoms with E-state index in [1.165, 1.54) is 30.5 Å². The highest BCUT2D eigenvalue weighted by atomic mass is 16.5. The Kier molecular flexibility index (Phi) is 6.05. The molecule has 1 aliphatic heterocycles. The van der Waals surface area contributed by atoms with Gasteiger partial charge in [0.1, 0.15) is 0 Å². The molecule has 124 valence electrons. The molecule has 2 atom stereocenters. The van der Waals surface area contributed by atoms with Crippen LogP contribution in [0.2, 0.25) is 0 Å². The molecular formula is C20H33NO. The number of nitrogens with zero attached hydrogens (tertiary/aromatic N) is 1. The van der Waals surface area contributed by atoms with Gasteiger partial charge in [-0.25, -0.2) is 0 Å². The van der Waals surface area contributed by atoms with E-state index in [1.54, 1.807) is 0 Å². The van der Waals surface area contributed by atoms with Gasteiger partial charge in [0.05, 0.1) is 12.7 Å². The Balaban J connectivity index is 1.87. The number of rotatable bonds is 6. The van der Waals surface area contributed by atoms with E-state index in [2.05, 4.69) is 63.8 Å². The van der Waals surface area contributed by atoms with Crippen LogP contribution in [0.1, 0.15) is 52.2 Å². The highest BCUT2D eigenvalue weighted by Crippen LogP contribution is 2.27. The highest BCUT2D eigenvalue weighted by molar-refractivity contribution is 5.28. The topological polar surface area (TPSA) is 12.5 Å². The maximum absolute atomic E-state index is 5.62. The molecule has 1 aliphatic rings. The Morgan fingerprint density at radius 1 is 1.27 bits per heavy atom. The molecule has 0 radical (unpaired) electrons. The minimum atomic E-state index is 0.286. The molecule has 2 rings (SSSR count). The van der Waals surface area contributed by atoms with Gasteiger partial charge in [-0.2, -0.15) is 0 Å². The molecule has 1 unspecified atom stereocenters. The van der Waals surface area contributed by atoms with Crippen LogP contribution in [0.4, 0.5) is 0 Å². The van der Waals surface area contributed by atoms with E-state index in [-0.39, 0.29) is 5.41 Å². The summed E-state index contributed by atoms with van der Waals surface area (Å²) in [6.45, 7) is 15.7. The first kappa shape index (κ1) is 17.5. The van der Waals surface area contributed by atoms with Crippen LogP contribution in [-0.2, 0) is 16.6 Å². The fourth-order valence-electron chi connectivity index (χ4n) is 3.26. The van der Waals surface area contributed by atoms with Crippen LogP contribution in [0.3, 0.4) is 0 Å². The standard InChI is InChI=1S/C20H33NO/c1-6-20(4,5)19-9-7-18(8-10-19)13-16(2)14-21-11-12-22-17(3)15-21/h7-10,16-17H,6,11-15H2,1-5H3/t16?,17-/m1/s1. The maximum Gasteiger partial charge on any atom is 0.0674 e. The molecule has 0 amide bonds. The second kappa shape index (κ2) is 7.61. The van der Waals surface area contributed by atoms with Crippen molar-refractivity contribution in [3.05, 3.63) is 35.4 Å². The zero-order valence-corrected chi connectivity index (χ0v) is 15.1. The van der Waals surface area contributed by atoms with E-state index in [4.69, 9.17) is 4.74 Å². The van der Waals surface area contributed by atoms with Gasteiger partial charge < -0.3 is 4.74 Å². The third kappa shape index (κ3) is 4.82. The number of hydrogen-bond donors (Lipinski definition) is 0. The normalized spacial score (nSPS) is 21.8. The largest absolute Gasteiger partial charge is 0.376 e. The average Bonchev–Trinajstić information content (AvgIpc) is 2.47. The smallest absolute Gasteiger partial charge is 0.0674 e. The Bertz CT molecular complexity index is 451. The molecule has 0 aromatic heterocycles. The van der Waals surface area contributed by atoms with Crippen molar-refractivity contribution in [1.82, 2.24) is 4.90 Å². The van der Waals surface area contributed by atoms with Crippen LogP contribution in [0.5, 0.6) is 0 Å². The minimum Gasteiger partial charge on any atom is -0.376 e. The van der Waals surface area contributed by atoms with Gasteiger partial charge in [-0.3, -0.25) is 4.90 Å². The van der Waals surface area contributed by atoms with Crippen LogP contribution >= 0.6 is 0 Å². The molecule has 2 heteroatoms. The number of hydrogen-bond acceptors (Lipinski definition) is 2. The molecule has 0 aliphatic carbocycles. The van der Waals surface area contributed by atoms with Crippen LogP contribution in [-0.4, -0.2) is 37.2 Å². The van der Waals surface area contributed by atoms with Gasteiger partial charge in [0, 0.05) is 19.6 Å². The van der Waals surface area contributed by atoms with Crippen molar-refractivity contribution in [1.29, 1.82) is 0 Å². The fraction of sp³-hybridized carbons (Fsp3) is 0.700. The number of morpholine rings is 1. The lowest BCUT2D eigenvalue weighted by Gasteiger charge is -2.33. The first-order chi connectivity index (χ1) is 10.4. The quantitative estimate of drug-likeness (QED) is 0.778. The Morgan fingerprint density at radius 2 is 1.95 bits per heavy atom. The number of ether oxygens (including phenoxy) is 1. The van der Waals surface area contributed by atoms with Crippen molar-refractivity contribution >= 4 is 0 Å². The second-order valence-electron chi connectivity index (χ2n) is 7.68. The fourth-order valence-corrected chi connectivity index (χ4v) is 3.26. The van der Waals surface area contributed by atoms with Gasteiger partial charge in [0.15, 0.2) is 0 Å². The Labute approximate surface area is 136 Å². The van der Waals surface area contributed by atoms with Crippen LogP contribution in [0.15, 0.2) is 24.3 Å². The van der Waals surface area contributed by atoms with Gasteiger partial charge in [-0.15, -0.1) is 0 Å². The van der Waals surface area contributed by atoms with E-state index in [0.717, 1.165) is 19.7 Å². The molecule has 2 nitrogen and oxygen atoms in total. The molecule has 1 saturated heterocycles. The molecular weight excluding hydrogens is 270 g/mol. The van der Waals surface area contributed by atoms with Gasteiger partial charge in [0.25, 0.3) is 0 Å². The summed E-state index contributed by atoms with van der Waals surface area (Å²) in [5.41, 5.74) is 3.20.